The van der Waals surface area contributed by atoms with Gasteiger partial charge in [0.2, 0.25) is 0 Å². The Hall–Kier alpha value is -1.34. The van der Waals surface area contributed by atoms with Crippen LogP contribution in [0.15, 0.2) is 0 Å². The van der Waals surface area contributed by atoms with E-state index in [9.17, 15) is 4.79 Å². The molecule has 1 heterocycles. The Morgan fingerprint density at radius 3 is 2.84 bits per heavy atom. The lowest BCUT2D eigenvalue weighted by molar-refractivity contribution is 0.0603. The van der Waals surface area contributed by atoms with Crippen molar-refractivity contribution in [2.75, 3.05) is 31.3 Å². The number of rotatable bonds is 7. The Labute approximate surface area is 117 Å². The van der Waals surface area contributed by atoms with Crippen LogP contribution in [0.25, 0.3) is 0 Å². The molecule has 19 heavy (non-hydrogen) atoms. The second-order valence-electron chi connectivity index (χ2n) is 5.11. The van der Waals surface area contributed by atoms with Crippen LogP contribution in [0.5, 0.6) is 0 Å². The summed E-state index contributed by atoms with van der Waals surface area (Å²) in [6.07, 6.45) is 1.64. The number of nitrogens with zero attached hydrogens (tertiary/aromatic N) is 1. The summed E-state index contributed by atoms with van der Waals surface area (Å²) >= 11 is 1.15. The maximum atomic E-state index is 11.6. The first-order chi connectivity index (χ1) is 8.91. The number of hydrogen-bond donors (Lipinski definition) is 3. The van der Waals surface area contributed by atoms with Crippen molar-refractivity contribution in [1.29, 1.82) is 0 Å². The minimum Gasteiger partial charge on any atom is -0.465 e. The molecule has 7 heteroatoms. The number of nitrogens with one attached hydrogen (secondary N) is 1. The third-order valence-electron chi connectivity index (χ3n) is 2.85. The van der Waals surface area contributed by atoms with Gasteiger partial charge in [0.15, 0.2) is 5.82 Å². The Bertz CT molecular complexity index is 432. The van der Waals surface area contributed by atoms with Crippen LogP contribution in [0, 0.1) is 5.41 Å². The normalized spacial score (nSPS) is 11.4. The highest BCUT2D eigenvalue weighted by Gasteiger charge is 2.23. The Morgan fingerprint density at radius 2 is 2.26 bits per heavy atom. The van der Waals surface area contributed by atoms with Gasteiger partial charge in [-0.15, -0.1) is 0 Å². The first kappa shape index (κ1) is 15.7. The zero-order chi connectivity index (χ0) is 14.5. The molecule has 0 aliphatic carbocycles. The number of nitrogen functional groups attached to an aromatic ring is 1. The van der Waals surface area contributed by atoms with E-state index in [1.807, 2.05) is 0 Å². The summed E-state index contributed by atoms with van der Waals surface area (Å²) in [6.45, 7) is 5.04. The molecule has 0 spiro atoms. The zero-order valence-electron chi connectivity index (χ0n) is 11.5. The van der Waals surface area contributed by atoms with Crippen LogP contribution in [0.3, 0.4) is 0 Å². The summed E-state index contributed by atoms with van der Waals surface area (Å²) in [4.78, 5) is 11.6. The third-order valence-corrected chi connectivity index (χ3v) is 3.67. The van der Waals surface area contributed by atoms with Crippen molar-refractivity contribution in [3.05, 3.63) is 5.56 Å². The molecule has 0 fully saturated rings. The summed E-state index contributed by atoms with van der Waals surface area (Å²) in [6, 6.07) is 0. The molecule has 0 amide bonds. The standard InChI is InChI=1S/C12H21N3O3S/c1-12(2,5-4-6-16)7-14-10-8(11(17)18-3)9(13)15-19-10/h14,16H,4-7H2,1-3H3,(H2,13,15). The van der Waals surface area contributed by atoms with Crippen LogP contribution < -0.4 is 11.1 Å². The van der Waals surface area contributed by atoms with Gasteiger partial charge in [-0.1, -0.05) is 13.8 Å². The van der Waals surface area contributed by atoms with Gasteiger partial charge in [-0.3, -0.25) is 0 Å². The largest absolute Gasteiger partial charge is 0.465 e. The molecule has 6 nitrogen and oxygen atoms in total. The molecule has 1 aromatic heterocycles. The Kier molecular flexibility index (Phi) is 5.56. The van der Waals surface area contributed by atoms with Gasteiger partial charge in [-0.2, -0.15) is 4.37 Å². The van der Waals surface area contributed by atoms with E-state index >= 15 is 0 Å². The molecule has 4 N–H and O–H groups in total. The Balaban J connectivity index is 2.70. The molecule has 1 aromatic rings. The number of carbonyl (C=O) groups is 1. The molecule has 0 aliphatic heterocycles. The van der Waals surface area contributed by atoms with Gasteiger partial charge in [-0.25, -0.2) is 4.79 Å². The van der Waals surface area contributed by atoms with Crippen molar-refractivity contribution in [2.45, 2.75) is 26.7 Å². The van der Waals surface area contributed by atoms with E-state index in [0.717, 1.165) is 24.4 Å². The molecule has 0 atom stereocenters. The van der Waals surface area contributed by atoms with Crippen LogP contribution >= 0.6 is 11.5 Å². The zero-order valence-corrected chi connectivity index (χ0v) is 12.3. The highest BCUT2D eigenvalue weighted by molar-refractivity contribution is 7.11. The van der Waals surface area contributed by atoms with Crippen molar-refractivity contribution in [3.8, 4) is 0 Å². The molecule has 0 saturated carbocycles. The number of carbonyl (C=O) groups excluding carboxylic acids is 1. The minimum absolute atomic E-state index is 0.00880. The van der Waals surface area contributed by atoms with E-state index in [4.69, 9.17) is 10.8 Å². The SMILES string of the molecule is COC(=O)c1c(N)nsc1NCC(C)(C)CCCO. The predicted octanol–water partition coefficient (Wildman–Crippen LogP) is 1.72. The highest BCUT2D eigenvalue weighted by Crippen LogP contribution is 2.30. The molecular weight excluding hydrogens is 266 g/mol. The molecule has 0 radical (unpaired) electrons. The van der Waals surface area contributed by atoms with Crippen LogP contribution in [0.4, 0.5) is 10.8 Å². The van der Waals surface area contributed by atoms with E-state index < -0.39 is 5.97 Å². The summed E-state index contributed by atoms with van der Waals surface area (Å²) in [5, 5.41) is 12.7. The van der Waals surface area contributed by atoms with Crippen LogP contribution in [-0.2, 0) is 4.74 Å². The number of nitrogens with two attached hydrogens (primary N) is 1. The molecule has 0 saturated heterocycles. The number of esters is 1. The van der Waals surface area contributed by atoms with Crippen LogP contribution in [0.2, 0.25) is 0 Å². The fraction of sp³-hybridized carbons (Fsp3) is 0.667. The van der Waals surface area contributed by atoms with Crippen LogP contribution in [-0.4, -0.2) is 35.7 Å². The number of hydrogen-bond acceptors (Lipinski definition) is 7. The predicted molar refractivity (Wildman–Crippen MR) is 76.5 cm³/mol. The molecular formula is C12H21N3O3S. The van der Waals surface area contributed by atoms with E-state index in [-0.39, 0.29) is 17.8 Å². The average molecular weight is 287 g/mol. The molecule has 0 aliphatic rings. The number of aliphatic hydroxyl groups excluding tert-OH is 1. The fourth-order valence-electron chi connectivity index (χ4n) is 1.69. The van der Waals surface area contributed by atoms with Gasteiger partial charge in [0.1, 0.15) is 10.6 Å². The molecule has 108 valence electrons. The number of aromatic nitrogens is 1. The monoisotopic (exact) mass is 287 g/mol. The first-order valence-corrected chi connectivity index (χ1v) is 6.87. The lowest BCUT2D eigenvalue weighted by atomic mass is 9.88. The maximum Gasteiger partial charge on any atom is 0.344 e. The fourth-order valence-corrected chi connectivity index (χ4v) is 2.38. The number of anilines is 2. The van der Waals surface area contributed by atoms with Gasteiger partial charge in [-0.05, 0) is 29.8 Å². The smallest absolute Gasteiger partial charge is 0.344 e. The lowest BCUT2D eigenvalue weighted by Gasteiger charge is -2.24. The van der Waals surface area contributed by atoms with Crippen molar-refractivity contribution in [3.63, 3.8) is 0 Å². The molecule has 1 rings (SSSR count). The van der Waals surface area contributed by atoms with E-state index in [1.54, 1.807) is 0 Å². The lowest BCUT2D eigenvalue weighted by Crippen LogP contribution is -2.24. The second kappa shape index (κ2) is 6.72. The number of ether oxygens (including phenoxy) is 1. The van der Waals surface area contributed by atoms with Crippen molar-refractivity contribution in [1.82, 2.24) is 4.37 Å². The molecule has 0 unspecified atom stereocenters. The quantitative estimate of drug-likeness (QED) is 0.661. The summed E-state index contributed by atoms with van der Waals surface area (Å²) in [7, 11) is 1.31. The number of aliphatic hydroxyl groups is 1. The summed E-state index contributed by atoms with van der Waals surface area (Å²) in [5.74, 6) is -0.297. The third kappa shape index (κ3) is 4.36. The highest BCUT2D eigenvalue weighted by atomic mass is 32.1. The maximum absolute atomic E-state index is 11.6. The topological polar surface area (TPSA) is 97.5 Å². The van der Waals surface area contributed by atoms with Gasteiger partial charge in [0, 0.05) is 13.2 Å². The molecule has 0 bridgehead atoms. The van der Waals surface area contributed by atoms with Gasteiger partial charge >= 0.3 is 5.97 Å². The second-order valence-corrected chi connectivity index (χ2v) is 5.88. The van der Waals surface area contributed by atoms with Gasteiger partial charge < -0.3 is 20.9 Å². The van der Waals surface area contributed by atoms with Crippen molar-refractivity contribution < 1.29 is 14.6 Å². The van der Waals surface area contributed by atoms with E-state index in [1.165, 1.54) is 7.11 Å². The van der Waals surface area contributed by atoms with E-state index in [2.05, 4.69) is 28.3 Å². The molecule has 0 aromatic carbocycles. The number of methoxy groups -OCH3 is 1. The average Bonchev–Trinajstić information content (AvgIpc) is 2.74. The van der Waals surface area contributed by atoms with Crippen LogP contribution in [0.1, 0.15) is 37.0 Å². The summed E-state index contributed by atoms with van der Waals surface area (Å²) in [5.41, 5.74) is 5.97. The van der Waals surface area contributed by atoms with E-state index in [0.29, 0.717) is 17.1 Å². The first-order valence-electron chi connectivity index (χ1n) is 6.09. The van der Waals surface area contributed by atoms with Gasteiger partial charge in [0.05, 0.1) is 7.11 Å². The van der Waals surface area contributed by atoms with Crippen molar-refractivity contribution >= 4 is 28.3 Å². The Morgan fingerprint density at radius 1 is 1.58 bits per heavy atom. The summed E-state index contributed by atoms with van der Waals surface area (Å²) < 4.78 is 8.65. The minimum atomic E-state index is -0.484. The van der Waals surface area contributed by atoms with Gasteiger partial charge in [0.25, 0.3) is 0 Å². The van der Waals surface area contributed by atoms with Crippen molar-refractivity contribution in [2.24, 2.45) is 5.41 Å².